The van der Waals surface area contributed by atoms with E-state index in [1.807, 2.05) is 0 Å². The Morgan fingerprint density at radius 3 is 2.82 bits per heavy atom. The Morgan fingerprint density at radius 2 is 2.29 bits per heavy atom. The summed E-state index contributed by atoms with van der Waals surface area (Å²) in [5.74, 6) is -2.11. The molecule has 0 aromatic carbocycles. The van der Waals surface area contributed by atoms with Crippen LogP contribution in [0.2, 0.25) is 0 Å². The average Bonchev–Trinajstić information content (AvgIpc) is 2.28. The zero-order chi connectivity index (χ0) is 13.0. The molecule has 0 bridgehead atoms. The normalized spacial score (nSPS) is 11.9. The van der Waals surface area contributed by atoms with Crippen molar-refractivity contribution in [2.24, 2.45) is 0 Å². The second-order valence-corrected chi connectivity index (χ2v) is 3.34. The van der Waals surface area contributed by atoms with Crippen molar-refractivity contribution < 1.29 is 14.5 Å². The Morgan fingerprint density at radius 1 is 1.65 bits per heavy atom. The highest BCUT2D eigenvalue weighted by Crippen LogP contribution is 2.21. The number of carbonyl (C=O) groups excluding carboxylic acids is 1. The summed E-state index contributed by atoms with van der Waals surface area (Å²) in [6.45, 7) is 3.17. The van der Waals surface area contributed by atoms with Gasteiger partial charge in [-0.25, -0.2) is 4.98 Å². The second kappa shape index (κ2) is 5.24. The van der Waals surface area contributed by atoms with Gasteiger partial charge in [-0.3, -0.25) is 9.59 Å². The largest absolute Gasteiger partial charge is 0.466 e. The number of pyridine rings is 1. The lowest BCUT2D eigenvalue weighted by atomic mass is 10.0. The van der Waals surface area contributed by atoms with Crippen LogP contribution in [-0.4, -0.2) is 22.5 Å². The third kappa shape index (κ3) is 2.68. The van der Waals surface area contributed by atoms with Crippen molar-refractivity contribution in [3.05, 3.63) is 38.2 Å². The smallest absolute Gasteiger partial charge is 0.328 e. The molecule has 1 rings (SSSR count). The molecule has 1 aromatic rings. The first-order valence-electron chi connectivity index (χ1n) is 5.01. The molecular formula is C10H12N2O5. The number of hydrogen-bond donors (Lipinski definition) is 1. The van der Waals surface area contributed by atoms with E-state index in [0.29, 0.717) is 0 Å². The first-order chi connectivity index (χ1) is 7.99. The number of H-pyrrole nitrogens is 1. The fourth-order valence-corrected chi connectivity index (χ4v) is 1.44. The van der Waals surface area contributed by atoms with Crippen molar-refractivity contribution >= 4 is 11.8 Å². The second-order valence-electron chi connectivity index (χ2n) is 3.34. The zero-order valence-electron chi connectivity index (χ0n) is 9.43. The minimum atomic E-state index is -0.972. The molecule has 0 aliphatic heterocycles. The van der Waals surface area contributed by atoms with Crippen LogP contribution < -0.4 is 5.43 Å². The van der Waals surface area contributed by atoms with Gasteiger partial charge in [-0.2, -0.15) is 0 Å². The van der Waals surface area contributed by atoms with Crippen LogP contribution >= 0.6 is 0 Å². The Bertz CT molecular complexity index is 494. The lowest BCUT2D eigenvalue weighted by Gasteiger charge is -2.10. The van der Waals surface area contributed by atoms with E-state index in [2.05, 4.69) is 4.98 Å². The van der Waals surface area contributed by atoms with E-state index in [0.717, 1.165) is 6.07 Å². The molecule has 0 saturated heterocycles. The third-order valence-corrected chi connectivity index (χ3v) is 2.23. The lowest BCUT2D eigenvalue weighted by Crippen LogP contribution is -2.22. The molecule has 92 valence electrons. The van der Waals surface area contributed by atoms with E-state index >= 15 is 0 Å². The maximum atomic E-state index is 11.6. The monoisotopic (exact) mass is 240 g/mol. The van der Waals surface area contributed by atoms with Gasteiger partial charge in [0.05, 0.1) is 18.7 Å². The molecule has 0 amide bonds. The van der Waals surface area contributed by atoms with Crippen LogP contribution in [0.1, 0.15) is 25.3 Å². The van der Waals surface area contributed by atoms with Crippen LogP contribution in [0.15, 0.2) is 17.1 Å². The molecular weight excluding hydrogens is 228 g/mol. The van der Waals surface area contributed by atoms with Gasteiger partial charge in [0.15, 0.2) is 5.43 Å². The topological polar surface area (TPSA) is 102 Å². The van der Waals surface area contributed by atoms with Crippen molar-refractivity contribution in [2.45, 2.75) is 19.8 Å². The van der Waals surface area contributed by atoms with Gasteiger partial charge in [0, 0.05) is 6.07 Å². The molecule has 0 aliphatic rings. The highest BCUT2D eigenvalue weighted by Gasteiger charge is 2.27. The van der Waals surface area contributed by atoms with Gasteiger partial charge in [-0.15, -0.1) is 0 Å². The molecule has 1 unspecified atom stereocenters. The van der Waals surface area contributed by atoms with E-state index < -0.39 is 28.1 Å². The van der Waals surface area contributed by atoms with E-state index in [-0.39, 0.29) is 12.2 Å². The first-order valence-corrected chi connectivity index (χ1v) is 5.01. The molecule has 17 heavy (non-hydrogen) atoms. The summed E-state index contributed by atoms with van der Waals surface area (Å²) in [4.78, 5) is 35.4. The van der Waals surface area contributed by atoms with Crippen molar-refractivity contribution in [1.29, 1.82) is 0 Å². The van der Waals surface area contributed by atoms with Crippen LogP contribution in [0.25, 0.3) is 0 Å². The number of nitrogens with one attached hydrogen (secondary N) is 1. The zero-order valence-corrected chi connectivity index (χ0v) is 9.43. The van der Waals surface area contributed by atoms with Crippen LogP contribution in [0, 0.1) is 10.1 Å². The van der Waals surface area contributed by atoms with Gasteiger partial charge >= 0.3 is 11.8 Å². The van der Waals surface area contributed by atoms with Gasteiger partial charge in [0.25, 0.3) is 0 Å². The number of hydrogen-bond acceptors (Lipinski definition) is 5. The number of rotatable bonds is 4. The maximum absolute atomic E-state index is 11.6. The minimum absolute atomic E-state index is 0.154. The highest BCUT2D eigenvalue weighted by molar-refractivity contribution is 5.78. The number of aromatic amines is 1. The number of nitrogens with zero attached hydrogens (tertiary/aromatic N) is 1. The van der Waals surface area contributed by atoms with Crippen LogP contribution in [0.3, 0.4) is 0 Å². The van der Waals surface area contributed by atoms with Crippen LogP contribution in [-0.2, 0) is 9.53 Å². The Hall–Kier alpha value is -2.18. The number of ether oxygens (including phenoxy) is 1. The maximum Gasteiger partial charge on any atom is 0.328 e. The van der Waals surface area contributed by atoms with Gasteiger partial charge in [0.2, 0.25) is 0 Å². The average molecular weight is 240 g/mol. The van der Waals surface area contributed by atoms with Crippen LogP contribution in [0.5, 0.6) is 0 Å². The summed E-state index contributed by atoms with van der Waals surface area (Å²) in [5.41, 5.74) is -0.744. The van der Waals surface area contributed by atoms with Crippen molar-refractivity contribution in [3.8, 4) is 0 Å². The van der Waals surface area contributed by atoms with E-state index in [1.54, 1.807) is 6.92 Å². The predicted molar refractivity (Wildman–Crippen MR) is 58.8 cm³/mol. The van der Waals surface area contributed by atoms with Crippen LogP contribution in [0.4, 0.5) is 5.82 Å². The van der Waals surface area contributed by atoms with E-state index in [1.165, 1.54) is 13.1 Å². The molecule has 1 heterocycles. The molecule has 7 heteroatoms. The molecule has 0 radical (unpaired) electrons. The van der Waals surface area contributed by atoms with Gasteiger partial charge < -0.3 is 14.9 Å². The summed E-state index contributed by atoms with van der Waals surface area (Å²) in [7, 11) is 0. The minimum Gasteiger partial charge on any atom is -0.466 e. The summed E-state index contributed by atoms with van der Waals surface area (Å²) >= 11 is 0. The van der Waals surface area contributed by atoms with Gasteiger partial charge in [0.1, 0.15) is 5.56 Å². The van der Waals surface area contributed by atoms with Crippen molar-refractivity contribution in [2.75, 3.05) is 6.61 Å². The standard InChI is InChI=1S/C10H12N2O5/c1-3-17-10(14)6(2)8-7(13)4-5-11-9(8)12(15)16/h4-6H,3H2,1-2H3,(H,11,13). The molecule has 1 atom stereocenters. The number of esters is 1. The molecule has 7 nitrogen and oxygen atoms in total. The predicted octanol–water partition coefficient (Wildman–Crippen LogP) is 0.950. The Kier molecular flexibility index (Phi) is 3.97. The SMILES string of the molecule is CCOC(=O)C(C)c1c([N+](=O)[O-])[nH]ccc1=O. The Labute approximate surface area is 96.6 Å². The number of aromatic nitrogens is 1. The number of carbonyl (C=O) groups is 1. The first kappa shape index (κ1) is 12.9. The summed E-state index contributed by atoms with van der Waals surface area (Å²) < 4.78 is 4.73. The fourth-order valence-electron chi connectivity index (χ4n) is 1.44. The molecule has 1 aromatic heterocycles. The highest BCUT2D eigenvalue weighted by atomic mass is 16.6. The van der Waals surface area contributed by atoms with Crippen molar-refractivity contribution in [3.63, 3.8) is 0 Å². The number of nitro groups is 1. The lowest BCUT2D eigenvalue weighted by molar-refractivity contribution is -0.390. The molecule has 0 aliphatic carbocycles. The quantitative estimate of drug-likeness (QED) is 0.479. The summed E-state index contributed by atoms with van der Waals surface area (Å²) in [6, 6.07) is 1.14. The summed E-state index contributed by atoms with van der Waals surface area (Å²) in [6.07, 6.45) is 1.17. The fraction of sp³-hybridized carbons (Fsp3) is 0.400. The molecule has 1 N–H and O–H groups in total. The van der Waals surface area contributed by atoms with Gasteiger partial charge in [-0.05, 0) is 18.8 Å². The van der Waals surface area contributed by atoms with E-state index in [4.69, 9.17) is 4.74 Å². The molecule has 0 spiro atoms. The van der Waals surface area contributed by atoms with Gasteiger partial charge in [-0.1, -0.05) is 0 Å². The van der Waals surface area contributed by atoms with E-state index in [9.17, 15) is 19.7 Å². The Balaban J connectivity index is 3.25. The molecule has 0 fully saturated rings. The summed E-state index contributed by atoms with van der Waals surface area (Å²) in [5, 5.41) is 10.7. The van der Waals surface area contributed by atoms with Crippen molar-refractivity contribution in [1.82, 2.24) is 4.98 Å². The molecule has 0 saturated carbocycles. The third-order valence-electron chi connectivity index (χ3n) is 2.23.